The van der Waals surface area contributed by atoms with Crippen molar-refractivity contribution in [2.75, 3.05) is 13.1 Å². The predicted octanol–water partition coefficient (Wildman–Crippen LogP) is 3.69. The first kappa shape index (κ1) is 17.1. The van der Waals surface area contributed by atoms with Crippen molar-refractivity contribution >= 4 is 17.5 Å². The molecule has 1 amide bonds. The number of halogens is 1. The second-order valence-electron chi connectivity index (χ2n) is 6.51. The number of aromatic nitrogens is 1. The van der Waals surface area contributed by atoms with E-state index in [2.05, 4.69) is 40.2 Å². The Kier molecular flexibility index (Phi) is 5.27. The van der Waals surface area contributed by atoms with Crippen LogP contribution in [0.2, 0.25) is 5.02 Å². The Bertz CT molecular complexity index is 695. The van der Waals surface area contributed by atoms with Gasteiger partial charge in [0.15, 0.2) is 0 Å². The first-order valence-corrected chi connectivity index (χ1v) is 8.82. The van der Waals surface area contributed by atoms with Crippen molar-refractivity contribution in [2.24, 2.45) is 7.05 Å². The molecule has 4 nitrogen and oxygen atoms in total. The number of likely N-dealkylation sites (tertiary alicyclic amines) is 1. The van der Waals surface area contributed by atoms with Gasteiger partial charge in [-0.15, -0.1) is 0 Å². The third-order valence-electron chi connectivity index (χ3n) is 4.78. The smallest absolute Gasteiger partial charge is 0.234 e. The molecular weight excluding hydrogens is 322 g/mol. The van der Waals surface area contributed by atoms with Gasteiger partial charge in [0.25, 0.3) is 0 Å². The normalized spacial score (nSPS) is 19.4. The Balaban J connectivity index is 1.60. The van der Waals surface area contributed by atoms with Gasteiger partial charge in [0.1, 0.15) is 0 Å². The molecule has 0 radical (unpaired) electrons. The molecule has 1 fully saturated rings. The highest BCUT2D eigenvalue weighted by Crippen LogP contribution is 2.31. The van der Waals surface area contributed by atoms with Crippen LogP contribution in [0.15, 0.2) is 42.6 Å². The molecule has 24 heavy (non-hydrogen) atoms. The summed E-state index contributed by atoms with van der Waals surface area (Å²) >= 11 is 5.92. The van der Waals surface area contributed by atoms with Crippen LogP contribution in [0.25, 0.3) is 0 Å². The molecule has 5 heteroatoms. The van der Waals surface area contributed by atoms with Gasteiger partial charge in [-0.25, -0.2) is 0 Å². The van der Waals surface area contributed by atoms with E-state index in [9.17, 15) is 4.79 Å². The number of carbonyl (C=O) groups is 1. The minimum Gasteiger partial charge on any atom is -0.353 e. The average molecular weight is 346 g/mol. The van der Waals surface area contributed by atoms with Crippen molar-refractivity contribution < 1.29 is 4.79 Å². The third-order valence-corrected chi connectivity index (χ3v) is 5.04. The highest BCUT2D eigenvalue weighted by atomic mass is 35.5. The first-order valence-electron chi connectivity index (χ1n) is 8.44. The van der Waals surface area contributed by atoms with Gasteiger partial charge in [0, 0.05) is 24.0 Å². The minimum atomic E-state index is -0.0224. The third kappa shape index (κ3) is 3.82. The fourth-order valence-corrected chi connectivity index (χ4v) is 3.60. The maximum Gasteiger partial charge on any atom is 0.234 e. The number of hydrogen-bond donors (Lipinski definition) is 1. The van der Waals surface area contributed by atoms with Gasteiger partial charge in [0.05, 0.1) is 18.6 Å². The maximum absolute atomic E-state index is 12.5. The number of aryl methyl sites for hydroxylation is 1. The van der Waals surface area contributed by atoms with Crippen LogP contribution in [0.1, 0.15) is 43.1 Å². The summed E-state index contributed by atoms with van der Waals surface area (Å²) in [7, 11) is 2.06. The molecule has 1 saturated heterocycles. The zero-order chi connectivity index (χ0) is 17.1. The SMILES string of the molecule is C[C@H](NC(=O)CN1CCC[C@@H]1c1cccn1C)c1ccc(Cl)cc1. The molecule has 1 aliphatic heterocycles. The quantitative estimate of drug-likeness (QED) is 0.897. The molecule has 0 saturated carbocycles. The Hall–Kier alpha value is -1.78. The molecule has 0 bridgehead atoms. The molecule has 128 valence electrons. The van der Waals surface area contributed by atoms with Crippen LogP contribution in [-0.4, -0.2) is 28.5 Å². The van der Waals surface area contributed by atoms with E-state index in [0.717, 1.165) is 24.9 Å². The summed E-state index contributed by atoms with van der Waals surface area (Å²) in [6, 6.07) is 12.1. The van der Waals surface area contributed by atoms with Gasteiger partial charge in [-0.1, -0.05) is 23.7 Å². The van der Waals surface area contributed by atoms with E-state index in [-0.39, 0.29) is 11.9 Å². The van der Waals surface area contributed by atoms with Gasteiger partial charge in [-0.2, -0.15) is 0 Å². The number of benzene rings is 1. The number of hydrogen-bond acceptors (Lipinski definition) is 2. The second kappa shape index (κ2) is 7.41. The lowest BCUT2D eigenvalue weighted by molar-refractivity contribution is -0.123. The summed E-state index contributed by atoms with van der Waals surface area (Å²) in [6.45, 7) is 3.41. The topological polar surface area (TPSA) is 37.3 Å². The molecule has 2 heterocycles. The molecule has 0 aliphatic carbocycles. The number of carbonyl (C=O) groups excluding carboxylic acids is 1. The van der Waals surface area contributed by atoms with Crippen molar-refractivity contribution in [1.82, 2.24) is 14.8 Å². The molecule has 2 atom stereocenters. The number of nitrogens with one attached hydrogen (secondary N) is 1. The van der Waals surface area contributed by atoms with Gasteiger partial charge >= 0.3 is 0 Å². The van der Waals surface area contributed by atoms with E-state index >= 15 is 0 Å². The Morgan fingerprint density at radius 2 is 2.08 bits per heavy atom. The first-order chi connectivity index (χ1) is 11.5. The van der Waals surface area contributed by atoms with Crippen molar-refractivity contribution in [3.63, 3.8) is 0 Å². The Labute approximate surface area is 148 Å². The monoisotopic (exact) mass is 345 g/mol. The molecule has 2 aromatic rings. The van der Waals surface area contributed by atoms with Gasteiger partial charge < -0.3 is 9.88 Å². The summed E-state index contributed by atoms with van der Waals surface area (Å²) in [5.74, 6) is 0.0681. The van der Waals surface area contributed by atoms with Crippen LogP contribution < -0.4 is 5.32 Å². The molecule has 3 rings (SSSR count). The van der Waals surface area contributed by atoms with Crippen molar-refractivity contribution in [1.29, 1.82) is 0 Å². The zero-order valence-electron chi connectivity index (χ0n) is 14.2. The lowest BCUT2D eigenvalue weighted by Gasteiger charge is -2.25. The number of amides is 1. The fraction of sp³-hybridized carbons (Fsp3) is 0.421. The fourth-order valence-electron chi connectivity index (χ4n) is 3.48. The Morgan fingerprint density at radius 3 is 2.75 bits per heavy atom. The minimum absolute atomic E-state index is 0.0224. The number of nitrogens with zero attached hydrogens (tertiary/aromatic N) is 2. The molecule has 1 aromatic heterocycles. The van der Waals surface area contributed by atoms with Crippen LogP contribution in [-0.2, 0) is 11.8 Å². The van der Waals surface area contributed by atoms with Crippen molar-refractivity contribution in [3.8, 4) is 0 Å². The van der Waals surface area contributed by atoms with Gasteiger partial charge in [0.2, 0.25) is 5.91 Å². The van der Waals surface area contributed by atoms with Crippen LogP contribution in [0.4, 0.5) is 0 Å². The van der Waals surface area contributed by atoms with Crippen LogP contribution >= 0.6 is 11.6 Å². The molecule has 1 aliphatic rings. The molecule has 1 N–H and O–H groups in total. The summed E-state index contributed by atoms with van der Waals surface area (Å²) in [5.41, 5.74) is 2.35. The Morgan fingerprint density at radius 1 is 1.33 bits per heavy atom. The van der Waals surface area contributed by atoms with E-state index in [4.69, 9.17) is 11.6 Å². The highest BCUT2D eigenvalue weighted by molar-refractivity contribution is 6.30. The summed E-state index contributed by atoms with van der Waals surface area (Å²) in [6.07, 6.45) is 4.31. The van der Waals surface area contributed by atoms with Gasteiger partial charge in [-0.3, -0.25) is 9.69 Å². The molecule has 0 unspecified atom stereocenters. The predicted molar refractivity (Wildman–Crippen MR) is 97.0 cm³/mol. The van der Waals surface area contributed by atoms with Crippen molar-refractivity contribution in [3.05, 3.63) is 58.9 Å². The largest absolute Gasteiger partial charge is 0.353 e. The average Bonchev–Trinajstić information content (AvgIpc) is 3.16. The summed E-state index contributed by atoms with van der Waals surface area (Å²) < 4.78 is 2.15. The van der Waals surface area contributed by atoms with Crippen LogP contribution in [0, 0.1) is 0 Å². The highest BCUT2D eigenvalue weighted by Gasteiger charge is 2.29. The molecular formula is C19H24ClN3O. The molecule has 0 spiro atoms. The van der Waals surface area contributed by atoms with E-state index in [1.165, 1.54) is 5.69 Å². The second-order valence-corrected chi connectivity index (χ2v) is 6.95. The summed E-state index contributed by atoms with van der Waals surface area (Å²) in [5, 5.41) is 3.80. The van der Waals surface area contributed by atoms with E-state index in [1.807, 2.05) is 31.2 Å². The van der Waals surface area contributed by atoms with E-state index < -0.39 is 0 Å². The summed E-state index contributed by atoms with van der Waals surface area (Å²) in [4.78, 5) is 14.7. The van der Waals surface area contributed by atoms with Crippen molar-refractivity contribution in [2.45, 2.75) is 31.8 Å². The van der Waals surface area contributed by atoms with Crippen LogP contribution in [0.5, 0.6) is 0 Å². The van der Waals surface area contributed by atoms with E-state index in [0.29, 0.717) is 17.6 Å². The van der Waals surface area contributed by atoms with Crippen LogP contribution in [0.3, 0.4) is 0 Å². The van der Waals surface area contributed by atoms with Gasteiger partial charge in [-0.05, 0) is 56.1 Å². The lowest BCUT2D eigenvalue weighted by Crippen LogP contribution is -2.38. The van der Waals surface area contributed by atoms with E-state index in [1.54, 1.807) is 0 Å². The zero-order valence-corrected chi connectivity index (χ0v) is 15.0. The molecule has 1 aromatic carbocycles. The number of rotatable bonds is 5. The standard InChI is InChI=1S/C19H24ClN3O/c1-14(15-7-9-16(20)10-8-15)21-19(24)13-23-12-4-6-18(23)17-5-3-11-22(17)2/h3,5,7-11,14,18H,4,6,12-13H2,1-2H3,(H,21,24)/t14-,18+/m0/s1. The lowest BCUT2D eigenvalue weighted by atomic mass is 10.1. The maximum atomic E-state index is 12.5.